The molecule has 4 rings (SSSR count). The lowest BCUT2D eigenvalue weighted by atomic mass is 10.1. The zero-order chi connectivity index (χ0) is 19.3. The molecule has 2 aliphatic rings. The highest BCUT2D eigenvalue weighted by atomic mass is 16.2. The maximum Gasteiger partial charge on any atom is 0.256 e. The highest BCUT2D eigenvalue weighted by Crippen LogP contribution is 2.20. The number of carbonyl (C=O) groups excluding carboxylic acids is 2. The number of hydrogen-bond donors (Lipinski definition) is 0. The minimum Gasteiger partial charge on any atom is -0.341 e. The van der Waals surface area contributed by atoms with Crippen molar-refractivity contribution in [3.8, 4) is 0 Å². The highest BCUT2D eigenvalue weighted by molar-refractivity contribution is 5.97. The Hall–Kier alpha value is -2.73. The summed E-state index contributed by atoms with van der Waals surface area (Å²) >= 11 is 0. The van der Waals surface area contributed by atoms with Gasteiger partial charge in [0, 0.05) is 51.7 Å². The first-order valence-electron chi connectivity index (χ1n) is 9.98. The molecule has 1 atom stereocenters. The van der Waals surface area contributed by atoms with Gasteiger partial charge in [-0.1, -0.05) is 30.3 Å². The molecular formula is C22H26N4O2. The van der Waals surface area contributed by atoms with Crippen LogP contribution in [0.25, 0.3) is 0 Å². The summed E-state index contributed by atoms with van der Waals surface area (Å²) in [5.74, 6) is -0.0301. The number of amides is 2. The summed E-state index contributed by atoms with van der Waals surface area (Å²) in [6.45, 7) is 4.25. The fraction of sp³-hybridized carbons (Fsp3) is 0.409. The van der Waals surface area contributed by atoms with Crippen LogP contribution in [-0.2, 0) is 11.3 Å². The number of likely N-dealkylation sites (tertiary alicyclic amines) is 1. The van der Waals surface area contributed by atoms with Crippen molar-refractivity contribution in [2.45, 2.75) is 25.4 Å². The van der Waals surface area contributed by atoms with E-state index in [4.69, 9.17) is 0 Å². The average Bonchev–Trinajstić information content (AvgIpc) is 3.29. The third-order valence-electron chi connectivity index (χ3n) is 5.59. The maximum atomic E-state index is 13.2. The van der Waals surface area contributed by atoms with E-state index in [0.29, 0.717) is 18.7 Å². The smallest absolute Gasteiger partial charge is 0.256 e. The van der Waals surface area contributed by atoms with Crippen molar-refractivity contribution >= 4 is 11.8 Å². The van der Waals surface area contributed by atoms with Gasteiger partial charge in [0.1, 0.15) is 6.04 Å². The van der Waals surface area contributed by atoms with E-state index in [2.05, 4.69) is 22.0 Å². The van der Waals surface area contributed by atoms with Gasteiger partial charge in [-0.25, -0.2) is 0 Å². The standard InChI is InChI=1S/C22H26N4O2/c27-21(19-9-6-10-23-15-19)26-14-13-24(16-18-7-2-1-3-8-18)17-20(26)22(28)25-11-4-5-12-25/h1-3,6-10,15,20H,4-5,11-14,16-17H2. The highest BCUT2D eigenvalue weighted by Gasteiger charge is 2.38. The number of aromatic nitrogens is 1. The second-order valence-electron chi connectivity index (χ2n) is 7.51. The first kappa shape index (κ1) is 18.6. The summed E-state index contributed by atoms with van der Waals surface area (Å²) in [7, 11) is 0. The summed E-state index contributed by atoms with van der Waals surface area (Å²) in [5.41, 5.74) is 1.76. The number of nitrogens with zero attached hydrogens (tertiary/aromatic N) is 4. The Labute approximate surface area is 165 Å². The van der Waals surface area contributed by atoms with Gasteiger partial charge in [-0.05, 0) is 30.5 Å². The van der Waals surface area contributed by atoms with E-state index in [1.54, 1.807) is 29.4 Å². The van der Waals surface area contributed by atoms with E-state index in [9.17, 15) is 9.59 Å². The Bertz CT molecular complexity index is 806. The Kier molecular flexibility index (Phi) is 5.67. The van der Waals surface area contributed by atoms with Gasteiger partial charge in [-0.3, -0.25) is 19.5 Å². The van der Waals surface area contributed by atoms with Crippen LogP contribution in [-0.4, -0.2) is 70.3 Å². The van der Waals surface area contributed by atoms with Crippen LogP contribution in [0.4, 0.5) is 0 Å². The molecule has 1 unspecified atom stereocenters. The molecule has 2 aromatic rings. The summed E-state index contributed by atoms with van der Waals surface area (Å²) in [6.07, 6.45) is 5.32. The van der Waals surface area contributed by atoms with E-state index in [-0.39, 0.29) is 11.8 Å². The van der Waals surface area contributed by atoms with Gasteiger partial charge in [0.2, 0.25) is 5.91 Å². The van der Waals surface area contributed by atoms with Gasteiger partial charge >= 0.3 is 0 Å². The second-order valence-corrected chi connectivity index (χ2v) is 7.51. The first-order chi connectivity index (χ1) is 13.7. The van der Waals surface area contributed by atoms with Crippen molar-refractivity contribution < 1.29 is 9.59 Å². The maximum absolute atomic E-state index is 13.2. The molecule has 0 radical (unpaired) electrons. The van der Waals surface area contributed by atoms with Crippen molar-refractivity contribution in [3.05, 3.63) is 66.0 Å². The fourth-order valence-electron chi connectivity index (χ4n) is 4.08. The van der Waals surface area contributed by atoms with Crippen LogP contribution in [0.5, 0.6) is 0 Å². The fourth-order valence-corrected chi connectivity index (χ4v) is 4.08. The molecule has 2 fully saturated rings. The number of benzene rings is 1. The van der Waals surface area contributed by atoms with Crippen LogP contribution in [0, 0.1) is 0 Å². The molecular weight excluding hydrogens is 352 g/mol. The monoisotopic (exact) mass is 378 g/mol. The predicted molar refractivity (Wildman–Crippen MR) is 107 cm³/mol. The van der Waals surface area contributed by atoms with Gasteiger partial charge in [0.15, 0.2) is 0 Å². The van der Waals surface area contributed by atoms with Gasteiger partial charge < -0.3 is 9.80 Å². The minimum atomic E-state index is -0.441. The predicted octanol–water partition coefficient (Wildman–Crippen LogP) is 2.03. The van der Waals surface area contributed by atoms with E-state index < -0.39 is 6.04 Å². The summed E-state index contributed by atoms with van der Waals surface area (Å²) in [5, 5.41) is 0. The third kappa shape index (κ3) is 4.07. The van der Waals surface area contributed by atoms with Crippen molar-refractivity contribution in [3.63, 3.8) is 0 Å². The van der Waals surface area contributed by atoms with Crippen molar-refractivity contribution in [1.29, 1.82) is 0 Å². The van der Waals surface area contributed by atoms with Crippen LogP contribution in [0.3, 0.4) is 0 Å². The zero-order valence-corrected chi connectivity index (χ0v) is 16.0. The number of pyridine rings is 1. The van der Waals surface area contributed by atoms with Gasteiger partial charge in [-0.2, -0.15) is 0 Å². The number of hydrogen-bond acceptors (Lipinski definition) is 4. The van der Waals surface area contributed by atoms with Crippen molar-refractivity contribution in [1.82, 2.24) is 19.7 Å². The lowest BCUT2D eigenvalue weighted by Gasteiger charge is -2.42. The summed E-state index contributed by atoms with van der Waals surface area (Å²) in [4.78, 5) is 36.3. The largest absolute Gasteiger partial charge is 0.341 e. The molecule has 6 nitrogen and oxygen atoms in total. The molecule has 2 aliphatic heterocycles. The van der Waals surface area contributed by atoms with Crippen LogP contribution in [0.15, 0.2) is 54.9 Å². The number of rotatable bonds is 4. The molecule has 0 aliphatic carbocycles. The average molecular weight is 378 g/mol. The van der Waals surface area contributed by atoms with E-state index >= 15 is 0 Å². The Balaban J connectivity index is 1.53. The summed E-state index contributed by atoms with van der Waals surface area (Å²) < 4.78 is 0. The normalized spacial score (nSPS) is 20.4. The number of piperazine rings is 1. The molecule has 0 saturated carbocycles. The molecule has 0 N–H and O–H groups in total. The Morgan fingerprint density at radius 3 is 2.46 bits per heavy atom. The molecule has 1 aromatic heterocycles. The molecule has 0 spiro atoms. The first-order valence-corrected chi connectivity index (χ1v) is 9.98. The van der Waals surface area contributed by atoms with Gasteiger partial charge in [-0.15, -0.1) is 0 Å². The minimum absolute atomic E-state index is 0.0764. The van der Waals surface area contributed by atoms with Gasteiger partial charge in [0.25, 0.3) is 5.91 Å². The zero-order valence-electron chi connectivity index (χ0n) is 16.0. The number of carbonyl (C=O) groups is 2. The van der Waals surface area contributed by atoms with Crippen LogP contribution >= 0.6 is 0 Å². The van der Waals surface area contributed by atoms with E-state index in [1.807, 2.05) is 23.1 Å². The van der Waals surface area contributed by atoms with E-state index in [1.165, 1.54) is 5.56 Å². The molecule has 3 heterocycles. The molecule has 2 saturated heterocycles. The SMILES string of the molecule is O=C(C1CN(Cc2ccccc2)CCN1C(=O)c1cccnc1)N1CCCC1. The second kappa shape index (κ2) is 8.52. The van der Waals surface area contributed by atoms with Crippen molar-refractivity contribution in [2.75, 3.05) is 32.7 Å². The molecule has 1 aromatic carbocycles. The molecule has 0 bridgehead atoms. The third-order valence-corrected chi connectivity index (χ3v) is 5.59. The Morgan fingerprint density at radius 2 is 1.75 bits per heavy atom. The molecule has 6 heteroatoms. The topological polar surface area (TPSA) is 56.8 Å². The van der Waals surface area contributed by atoms with Crippen LogP contribution in [0.2, 0.25) is 0 Å². The van der Waals surface area contributed by atoms with E-state index in [0.717, 1.165) is 39.0 Å². The lowest BCUT2D eigenvalue weighted by Crippen LogP contribution is -2.60. The molecule has 146 valence electrons. The molecule has 2 amide bonds. The molecule has 28 heavy (non-hydrogen) atoms. The van der Waals surface area contributed by atoms with Crippen molar-refractivity contribution in [2.24, 2.45) is 0 Å². The Morgan fingerprint density at radius 1 is 0.964 bits per heavy atom. The lowest BCUT2D eigenvalue weighted by molar-refractivity contribution is -0.137. The van der Waals surface area contributed by atoms with Crippen LogP contribution in [0.1, 0.15) is 28.8 Å². The quantitative estimate of drug-likeness (QED) is 0.817. The van der Waals surface area contributed by atoms with Crippen LogP contribution < -0.4 is 0 Å². The van der Waals surface area contributed by atoms with Gasteiger partial charge in [0.05, 0.1) is 5.56 Å². The summed E-state index contributed by atoms with van der Waals surface area (Å²) in [6, 6.07) is 13.4.